The zero-order chi connectivity index (χ0) is 12.5. The van der Waals surface area contributed by atoms with Gasteiger partial charge in [0, 0.05) is 16.7 Å². The van der Waals surface area contributed by atoms with Crippen LogP contribution in [0.4, 0.5) is 0 Å². The van der Waals surface area contributed by atoms with Crippen molar-refractivity contribution in [2.75, 3.05) is 13.1 Å². The van der Waals surface area contributed by atoms with Crippen LogP contribution < -0.4 is 5.73 Å². The Bertz CT molecular complexity index is 402. The molecule has 0 spiro atoms. The zero-order valence-corrected chi connectivity index (χ0v) is 12.1. The molecular formula is C14H20BrN3. The minimum Gasteiger partial charge on any atom is -0.330 e. The second-order valence-corrected chi connectivity index (χ2v) is 6.37. The van der Waals surface area contributed by atoms with E-state index in [1.807, 2.05) is 6.20 Å². The van der Waals surface area contributed by atoms with Crippen molar-refractivity contribution in [2.24, 2.45) is 11.7 Å². The second-order valence-electron chi connectivity index (χ2n) is 5.45. The van der Waals surface area contributed by atoms with Crippen LogP contribution in [-0.4, -0.2) is 29.0 Å². The van der Waals surface area contributed by atoms with E-state index in [4.69, 9.17) is 5.73 Å². The molecule has 1 aliphatic carbocycles. The highest BCUT2D eigenvalue weighted by Gasteiger charge is 2.40. The summed E-state index contributed by atoms with van der Waals surface area (Å²) < 4.78 is 1.05. The van der Waals surface area contributed by atoms with Gasteiger partial charge in [-0.25, -0.2) is 0 Å². The van der Waals surface area contributed by atoms with Gasteiger partial charge in [-0.2, -0.15) is 0 Å². The van der Waals surface area contributed by atoms with Gasteiger partial charge >= 0.3 is 0 Å². The molecular weight excluding hydrogens is 290 g/mol. The van der Waals surface area contributed by atoms with E-state index in [-0.39, 0.29) is 0 Å². The Morgan fingerprint density at radius 2 is 2.17 bits per heavy atom. The van der Waals surface area contributed by atoms with Crippen LogP contribution in [0.15, 0.2) is 22.8 Å². The van der Waals surface area contributed by atoms with E-state index in [1.165, 1.54) is 37.9 Å². The third-order valence-corrected chi connectivity index (χ3v) is 4.64. The number of hydrogen-bond donors (Lipinski definition) is 1. The minimum absolute atomic E-state index is 0.435. The Hall–Kier alpha value is -0.450. The maximum Gasteiger partial charge on any atom is 0.0579 e. The summed E-state index contributed by atoms with van der Waals surface area (Å²) in [6.07, 6.45) is 7.13. The van der Waals surface area contributed by atoms with Crippen LogP contribution in [-0.2, 0) is 0 Å². The average Bonchev–Trinajstić information content (AvgIpc) is 3.23. The Morgan fingerprint density at radius 1 is 1.33 bits per heavy atom. The smallest absolute Gasteiger partial charge is 0.0579 e. The third kappa shape index (κ3) is 2.46. The van der Waals surface area contributed by atoms with Crippen molar-refractivity contribution in [3.63, 3.8) is 0 Å². The first kappa shape index (κ1) is 12.6. The summed E-state index contributed by atoms with van der Waals surface area (Å²) in [4.78, 5) is 7.27. The van der Waals surface area contributed by atoms with Crippen molar-refractivity contribution < 1.29 is 0 Å². The van der Waals surface area contributed by atoms with Crippen molar-refractivity contribution in [3.05, 3.63) is 28.5 Å². The molecule has 98 valence electrons. The molecule has 1 aromatic heterocycles. The summed E-state index contributed by atoms with van der Waals surface area (Å²) in [5, 5.41) is 0. The van der Waals surface area contributed by atoms with Gasteiger partial charge in [0.2, 0.25) is 0 Å². The maximum absolute atomic E-state index is 5.98. The van der Waals surface area contributed by atoms with Crippen LogP contribution >= 0.6 is 15.9 Å². The fourth-order valence-electron chi connectivity index (χ4n) is 3.14. The molecule has 0 amide bonds. The highest BCUT2D eigenvalue weighted by atomic mass is 79.9. The molecule has 1 aromatic rings. The monoisotopic (exact) mass is 309 g/mol. The van der Waals surface area contributed by atoms with Gasteiger partial charge in [-0.05, 0) is 72.8 Å². The largest absolute Gasteiger partial charge is 0.330 e. The van der Waals surface area contributed by atoms with Gasteiger partial charge in [-0.1, -0.05) is 0 Å². The van der Waals surface area contributed by atoms with Crippen LogP contribution in [0.2, 0.25) is 0 Å². The van der Waals surface area contributed by atoms with Crippen LogP contribution in [0.3, 0.4) is 0 Å². The van der Waals surface area contributed by atoms with E-state index >= 15 is 0 Å². The second kappa shape index (κ2) is 5.27. The topological polar surface area (TPSA) is 42.1 Å². The lowest BCUT2D eigenvalue weighted by molar-refractivity contribution is 0.0850. The van der Waals surface area contributed by atoms with E-state index in [9.17, 15) is 0 Å². The van der Waals surface area contributed by atoms with Crippen LogP contribution in [0, 0.1) is 5.92 Å². The SMILES string of the molecule is NCC1CCCN(C2CC2)C1c1ccc(Br)cn1. The number of likely N-dealkylation sites (tertiary alicyclic amines) is 1. The molecule has 0 bridgehead atoms. The quantitative estimate of drug-likeness (QED) is 0.933. The maximum atomic E-state index is 5.98. The Labute approximate surface area is 117 Å². The summed E-state index contributed by atoms with van der Waals surface area (Å²) in [5.74, 6) is 0.563. The van der Waals surface area contributed by atoms with Crippen molar-refractivity contribution in [1.82, 2.24) is 9.88 Å². The Kier molecular flexibility index (Phi) is 3.68. The summed E-state index contributed by atoms with van der Waals surface area (Å²) in [7, 11) is 0. The number of nitrogens with two attached hydrogens (primary N) is 1. The summed E-state index contributed by atoms with van der Waals surface area (Å²) in [6.45, 7) is 1.98. The molecule has 2 aliphatic rings. The molecule has 2 atom stereocenters. The van der Waals surface area contributed by atoms with E-state index < -0.39 is 0 Å². The predicted octanol–water partition coefficient (Wildman–Crippen LogP) is 2.72. The first-order valence-corrected chi connectivity index (χ1v) is 7.66. The molecule has 0 aromatic carbocycles. The molecule has 1 saturated heterocycles. The standard InChI is InChI=1S/C14H20BrN3/c15-11-3-6-13(17-9-11)14-10(8-16)2-1-7-18(14)12-4-5-12/h3,6,9-10,12,14H,1-2,4-5,7-8,16H2. The van der Waals surface area contributed by atoms with Crippen LogP contribution in [0.25, 0.3) is 0 Å². The Balaban J connectivity index is 1.89. The van der Waals surface area contributed by atoms with Gasteiger partial charge in [0.1, 0.15) is 0 Å². The van der Waals surface area contributed by atoms with Gasteiger partial charge in [0.25, 0.3) is 0 Å². The zero-order valence-electron chi connectivity index (χ0n) is 10.6. The number of piperidine rings is 1. The Morgan fingerprint density at radius 3 is 2.78 bits per heavy atom. The molecule has 2 fully saturated rings. The summed E-state index contributed by atoms with van der Waals surface area (Å²) in [5.41, 5.74) is 7.17. The number of aromatic nitrogens is 1. The lowest BCUT2D eigenvalue weighted by atomic mass is 9.86. The van der Waals surface area contributed by atoms with Crippen LogP contribution in [0.1, 0.15) is 37.4 Å². The van der Waals surface area contributed by atoms with Gasteiger partial charge in [-0.15, -0.1) is 0 Å². The molecule has 2 unspecified atom stereocenters. The molecule has 3 rings (SSSR count). The predicted molar refractivity (Wildman–Crippen MR) is 76.2 cm³/mol. The lowest BCUT2D eigenvalue weighted by Crippen LogP contribution is -2.43. The number of pyridine rings is 1. The number of hydrogen-bond acceptors (Lipinski definition) is 3. The van der Waals surface area contributed by atoms with Crippen molar-refractivity contribution in [3.8, 4) is 0 Å². The van der Waals surface area contributed by atoms with E-state index in [0.29, 0.717) is 12.0 Å². The third-order valence-electron chi connectivity index (χ3n) is 4.17. The molecule has 1 saturated carbocycles. The van der Waals surface area contributed by atoms with Crippen LogP contribution in [0.5, 0.6) is 0 Å². The number of halogens is 1. The first-order valence-electron chi connectivity index (χ1n) is 6.87. The van der Waals surface area contributed by atoms with Gasteiger partial charge in [0.05, 0.1) is 11.7 Å². The molecule has 2 heterocycles. The van der Waals surface area contributed by atoms with Gasteiger partial charge in [-0.3, -0.25) is 9.88 Å². The molecule has 0 radical (unpaired) electrons. The lowest BCUT2D eigenvalue weighted by Gasteiger charge is -2.41. The number of nitrogens with zero attached hydrogens (tertiary/aromatic N) is 2. The molecule has 3 nitrogen and oxygen atoms in total. The average molecular weight is 310 g/mol. The van der Waals surface area contributed by atoms with E-state index in [1.54, 1.807) is 0 Å². The normalized spacial score (nSPS) is 29.4. The van der Waals surface area contributed by atoms with E-state index in [0.717, 1.165) is 17.1 Å². The fourth-order valence-corrected chi connectivity index (χ4v) is 3.37. The fraction of sp³-hybridized carbons (Fsp3) is 0.643. The van der Waals surface area contributed by atoms with Crippen molar-refractivity contribution in [1.29, 1.82) is 0 Å². The highest BCUT2D eigenvalue weighted by molar-refractivity contribution is 9.10. The van der Waals surface area contributed by atoms with Crippen molar-refractivity contribution >= 4 is 15.9 Å². The molecule has 2 N–H and O–H groups in total. The van der Waals surface area contributed by atoms with Gasteiger partial charge in [0.15, 0.2) is 0 Å². The molecule has 4 heteroatoms. The first-order chi connectivity index (χ1) is 8.79. The molecule has 18 heavy (non-hydrogen) atoms. The van der Waals surface area contributed by atoms with E-state index in [2.05, 4.69) is 37.9 Å². The summed E-state index contributed by atoms with van der Waals surface area (Å²) in [6, 6.07) is 5.47. The number of rotatable bonds is 3. The summed E-state index contributed by atoms with van der Waals surface area (Å²) >= 11 is 3.46. The van der Waals surface area contributed by atoms with Crippen molar-refractivity contribution in [2.45, 2.75) is 37.8 Å². The molecule has 1 aliphatic heterocycles. The van der Waals surface area contributed by atoms with Gasteiger partial charge < -0.3 is 5.73 Å². The minimum atomic E-state index is 0.435. The highest BCUT2D eigenvalue weighted by Crippen LogP contribution is 2.41.